The number of carbonyl (C=O) groups is 10. The summed E-state index contributed by atoms with van der Waals surface area (Å²) in [5.74, 6) is -2.55. The molecule has 35 nitrogen and oxygen atoms in total. The van der Waals surface area contributed by atoms with Crippen LogP contribution in [0.1, 0.15) is 181 Å². The number of hydrogen-bond donors (Lipinski definition) is 8. The third-order valence-electron chi connectivity index (χ3n) is 19.8. The highest BCUT2D eigenvalue weighted by atomic mass is 16.6. The van der Waals surface area contributed by atoms with Crippen LogP contribution in [0, 0.1) is 30.3 Å². The van der Waals surface area contributed by atoms with Crippen LogP contribution in [0.4, 0.5) is 45.5 Å². The maximum Gasteiger partial charge on any atom is 0.333 e. The average molecular weight is 1910 g/mol. The van der Waals surface area contributed by atoms with Gasteiger partial charge in [-0.3, -0.25) is 54.3 Å². The topological polar surface area (TPSA) is 515 Å². The molecule has 140 heavy (non-hydrogen) atoms. The summed E-state index contributed by atoms with van der Waals surface area (Å²) in [5.41, 5.74) is 23.6. The maximum absolute atomic E-state index is 11.9. The molecule has 0 aliphatic heterocycles. The summed E-state index contributed by atoms with van der Waals surface area (Å²) in [6, 6.07) is 58.0. The smallest absolute Gasteiger partial charge is 0.333 e. The molecule has 4 aromatic heterocycles. The second-order valence-electron chi connectivity index (χ2n) is 33.3. The first-order chi connectivity index (χ1) is 66.1. The quantitative estimate of drug-likeness (QED) is 0.00475. The van der Waals surface area contributed by atoms with Crippen molar-refractivity contribution in [1.82, 2.24) is 29.9 Å². The van der Waals surface area contributed by atoms with Crippen molar-refractivity contribution in [1.29, 1.82) is 0 Å². The van der Waals surface area contributed by atoms with Crippen LogP contribution in [-0.2, 0) is 72.9 Å². The number of carboxylic acids is 1. The number of anilines is 5. The zero-order chi connectivity index (χ0) is 104. The number of nitrogen functional groups attached to an aromatic ring is 1. The van der Waals surface area contributed by atoms with Gasteiger partial charge in [0, 0.05) is 90.4 Å². The van der Waals surface area contributed by atoms with Crippen LogP contribution in [0.25, 0.3) is 98.0 Å². The minimum absolute atomic E-state index is 0.0816. The summed E-state index contributed by atoms with van der Waals surface area (Å²) in [7, 11) is 0. The number of benzene rings is 8. The molecule has 0 fully saturated rings. The summed E-state index contributed by atoms with van der Waals surface area (Å²) in [4.78, 5) is 168. The molecule has 4 amide bonds. The normalized spacial score (nSPS) is 11.4. The Morgan fingerprint density at radius 2 is 0.636 bits per heavy atom. The van der Waals surface area contributed by atoms with E-state index in [0.29, 0.717) is 75.9 Å². The van der Waals surface area contributed by atoms with Crippen molar-refractivity contribution < 1.29 is 86.8 Å². The predicted octanol–water partition coefficient (Wildman–Crippen LogP) is 21.2. The maximum atomic E-state index is 11.9. The number of imidazole rings is 2. The van der Waals surface area contributed by atoms with Gasteiger partial charge in [0.2, 0.25) is 23.6 Å². The van der Waals surface area contributed by atoms with Gasteiger partial charge in [0.05, 0.1) is 86.0 Å². The molecule has 0 saturated carbocycles. The number of pyridine rings is 2. The number of nitrogens with one attached hydrogen (secondary N) is 6. The highest BCUT2D eigenvalue weighted by Gasteiger charge is 2.23. The molecule has 0 unspecified atom stereocenters. The Morgan fingerprint density at radius 3 is 0.921 bits per heavy atom. The van der Waals surface area contributed by atoms with Crippen molar-refractivity contribution >= 4 is 158 Å². The van der Waals surface area contributed by atoms with Crippen molar-refractivity contribution in [3.63, 3.8) is 0 Å². The van der Waals surface area contributed by atoms with Gasteiger partial charge in [-0.25, -0.2) is 43.9 Å². The molecule has 0 aliphatic rings. The minimum Gasteiger partial charge on any atom is -0.478 e. The van der Waals surface area contributed by atoms with E-state index >= 15 is 0 Å². The number of carboxylic acid groups (broad SMARTS) is 1. The molecular weight excluding hydrogens is 1790 g/mol. The first-order valence-corrected chi connectivity index (χ1v) is 43.9. The van der Waals surface area contributed by atoms with Crippen LogP contribution in [-0.4, -0.2) is 136 Å². The van der Waals surface area contributed by atoms with Gasteiger partial charge >= 0.3 is 29.8 Å². The van der Waals surface area contributed by atoms with Crippen LogP contribution in [0.15, 0.2) is 222 Å². The van der Waals surface area contributed by atoms with Gasteiger partial charge < -0.3 is 61.0 Å². The number of esters is 4. The molecule has 0 radical (unpaired) electrons. The number of ether oxygens (including phenoxy) is 4. The number of nitrogens with zero attached hydrogens (tertiary/aromatic N) is 7. The average Bonchev–Trinajstić information content (AvgIpc) is 1.65. The van der Waals surface area contributed by atoms with E-state index in [1.165, 1.54) is 87.4 Å². The highest BCUT2D eigenvalue weighted by Crippen LogP contribution is 2.34. The lowest BCUT2D eigenvalue weighted by atomic mass is 9.86. The second-order valence-corrected chi connectivity index (χ2v) is 33.3. The number of fused-ring (bicyclic) bond motifs is 2. The fourth-order valence-corrected chi connectivity index (χ4v) is 13.0. The number of aromatic nitrogens is 6. The van der Waals surface area contributed by atoms with Gasteiger partial charge in [-0.05, 0) is 227 Å². The van der Waals surface area contributed by atoms with Gasteiger partial charge in [-0.1, -0.05) is 133 Å². The SMILES string of the molecule is C/C(=C\c1ccc2nc(-c3cccc(-c4ccc(C(C)(C)C)cc4)n3)[nH]c2c1)C(=O)O.CC(=O)Nc1ccc(C=O)cc1[N+](=O)[O-].CCOC(=O)/C(C)=C/c1ccc(NC(C)=O)c(N)c1.CCOC(=O)/C(C)=C/c1ccc(NC(C)=O)c([N+](=O)[O-])c1.CCOC(=O)/C(C)=C/c1ccc(NC(C)=O)c([N+](=O)[O-])c1.CCOC(=O)/C(C)=C/c1ccc2nc(-c3cccc(-c4ccc(C(C)(C)C)cc4)n3)[nH]c2c1. The predicted molar refractivity (Wildman–Crippen MR) is 542 cm³/mol. The monoisotopic (exact) mass is 1900 g/mol. The number of nitro benzene ring substituents is 3. The third kappa shape index (κ3) is 33.6. The number of amides is 4. The van der Waals surface area contributed by atoms with Crippen molar-refractivity contribution in [2.75, 3.05) is 53.4 Å². The fourth-order valence-electron chi connectivity index (χ4n) is 13.0. The molecule has 0 atom stereocenters. The second kappa shape index (κ2) is 51.3. The van der Waals surface area contributed by atoms with E-state index in [-0.39, 0.29) is 87.2 Å². The van der Waals surface area contributed by atoms with Crippen molar-refractivity contribution in [3.8, 4) is 45.6 Å². The number of H-pyrrole nitrogens is 2. The molecule has 0 bridgehead atoms. The number of rotatable bonds is 26. The van der Waals surface area contributed by atoms with E-state index in [1.54, 1.807) is 105 Å². The number of hydrogen-bond acceptors (Lipinski definition) is 25. The number of carbonyl (C=O) groups excluding carboxylic acids is 9. The Hall–Kier alpha value is -17.4. The lowest BCUT2D eigenvalue weighted by molar-refractivity contribution is -0.384. The molecule has 9 N–H and O–H groups in total. The number of nitrogens with two attached hydrogens (primary N) is 1. The molecule has 12 aromatic rings. The van der Waals surface area contributed by atoms with E-state index in [9.17, 15) is 78.3 Å². The number of nitro groups is 3. The first kappa shape index (κ1) is 110. The Labute approximate surface area is 808 Å². The zero-order valence-electron chi connectivity index (χ0n) is 81.1. The van der Waals surface area contributed by atoms with Crippen LogP contribution in [0.5, 0.6) is 0 Å². The van der Waals surface area contributed by atoms with E-state index in [1.807, 2.05) is 78.9 Å². The Kier molecular flexibility index (Phi) is 40.2. The van der Waals surface area contributed by atoms with Crippen LogP contribution >= 0.6 is 0 Å². The van der Waals surface area contributed by atoms with Gasteiger partial charge in [-0.2, -0.15) is 0 Å². The summed E-state index contributed by atoms with van der Waals surface area (Å²) in [5, 5.41) is 51.4. The molecule has 12 rings (SSSR count). The summed E-state index contributed by atoms with van der Waals surface area (Å²) in [6.45, 7) is 34.7. The van der Waals surface area contributed by atoms with Crippen molar-refractivity contribution in [3.05, 3.63) is 297 Å². The molecule has 0 spiro atoms. The third-order valence-corrected chi connectivity index (χ3v) is 19.8. The van der Waals surface area contributed by atoms with E-state index < -0.39 is 50.4 Å². The zero-order valence-corrected chi connectivity index (χ0v) is 81.1. The summed E-state index contributed by atoms with van der Waals surface area (Å²) in [6.07, 6.45) is 8.63. The number of aromatic amines is 2. The van der Waals surface area contributed by atoms with Gasteiger partial charge in [0.1, 0.15) is 34.7 Å². The molecule has 728 valence electrons. The summed E-state index contributed by atoms with van der Waals surface area (Å²) < 4.78 is 19.6. The van der Waals surface area contributed by atoms with Crippen molar-refractivity contribution in [2.45, 2.75) is 142 Å². The fraction of sp³-hybridized carbons (Fsp3) is 0.238. The van der Waals surface area contributed by atoms with Crippen molar-refractivity contribution in [2.24, 2.45) is 0 Å². The molecule has 8 aromatic carbocycles. The van der Waals surface area contributed by atoms with E-state index in [0.717, 1.165) is 78.7 Å². The molecular formula is C105H112N14O21. The molecule has 35 heteroatoms. The Morgan fingerprint density at radius 1 is 0.364 bits per heavy atom. The lowest BCUT2D eigenvalue weighted by Crippen LogP contribution is -2.10. The largest absolute Gasteiger partial charge is 0.478 e. The standard InChI is InChI=1S/C28H29N3O2.C26H25N3O2.2C14H16N2O5.C14H18N2O3.C9H8N2O4/c1-6-33-27(32)18(2)16-19-10-15-23-25(17-19)31-26(30-23)24-9-7-8-22(29-24)20-11-13-21(14-12-20)28(3,4)5;1-16(25(30)31)14-17-8-13-21-23(15-17)29-24(28-21)22-7-5-6-20(27-22)18-9-11-19(12-10-18)26(2,3)4;2*1-4-21-14(18)9(2)7-11-5-6-12(15-10(3)17)13(8-11)16(19)20;1-4-19-14(18)9(2)7-11-5-6-13(12(15)8-11)16-10(3)17;1-6(13)10-8-3-2-7(5-12)4-9(8)11(14)15/h7-17H,6H2,1-5H3,(H,30,31);5-15H,1-4H3,(H,28,29)(H,30,31);2*5-8H,4H2,1-3H3,(H,15,17);5-8H,4,15H2,1-3H3,(H,16,17);2-5H,1H3,(H,10,13)/b18-16+;16-14+;3*9-7+;. The van der Waals surface area contributed by atoms with Crippen LogP contribution in [0.2, 0.25) is 0 Å². The van der Waals surface area contributed by atoms with E-state index in [2.05, 4.69) is 126 Å². The van der Waals surface area contributed by atoms with E-state index in [4.69, 9.17) is 44.7 Å². The number of aldehydes is 1. The van der Waals surface area contributed by atoms with Gasteiger partial charge in [-0.15, -0.1) is 0 Å². The number of aliphatic carboxylic acids is 1. The van der Waals surface area contributed by atoms with Crippen LogP contribution < -0.4 is 27.0 Å². The minimum atomic E-state index is -0.929. The molecule has 0 aliphatic carbocycles. The lowest BCUT2D eigenvalue weighted by Gasteiger charge is -2.19. The Bertz CT molecular complexity index is 6680. The van der Waals surface area contributed by atoms with Gasteiger partial charge in [0.15, 0.2) is 11.6 Å². The summed E-state index contributed by atoms with van der Waals surface area (Å²) >= 11 is 0. The van der Waals surface area contributed by atoms with Crippen LogP contribution in [0.3, 0.4) is 0 Å². The van der Waals surface area contributed by atoms with Gasteiger partial charge in [0.25, 0.3) is 17.1 Å². The molecule has 0 saturated heterocycles. The Balaban J connectivity index is 0.000000233. The highest BCUT2D eigenvalue weighted by molar-refractivity contribution is 5.99. The molecule has 4 heterocycles. The first-order valence-electron chi connectivity index (χ1n) is 43.9.